The fourth-order valence-corrected chi connectivity index (χ4v) is 5.78. The Morgan fingerprint density at radius 3 is 1.07 bits per heavy atom. The monoisotopic (exact) mass is 593 g/mol. The zero-order valence-corrected chi connectivity index (χ0v) is 26.1. The van der Waals surface area contributed by atoms with Gasteiger partial charge in [0, 0.05) is 16.7 Å². The molecule has 7 aromatic rings. The first-order chi connectivity index (χ1) is 22.6. The van der Waals surface area contributed by atoms with Crippen LogP contribution in [0.25, 0.3) is 67.5 Å². The fraction of sp³-hybridized carbons (Fsp3) is 0.0930. The van der Waals surface area contributed by atoms with Gasteiger partial charge < -0.3 is 0 Å². The molecule has 0 aliphatic carbocycles. The van der Waals surface area contributed by atoms with Crippen LogP contribution in [0.5, 0.6) is 0 Å². The van der Waals surface area contributed by atoms with Gasteiger partial charge in [0.1, 0.15) is 0 Å². The molecular weight excluding hydrogens is 558 g/mol. The lowest BCUT2D eigenvalue weighted by molar-refractivity contribution is 0.734. The Hall–Kier alpha value is -5.67. The molecule has 0 bridgehead atoms. The van der Waals surface area contributed by atoms with Crippen molar-refractivity contribution >= 4 is 0 Å². The van der Waals surface area contributed by atoms with Crippen LogP contribution in [0, 0.1) is 0 Å². The summed E-state index contributed by atoms with van der Waals surface area (Å²) in [6.45, 7) is 4.51. The molecule has 1 atom stereocenters. The average molecular weight is 594 g/mol. The van der Waals surface area contributed by atoms with E-state index in [0.717, 1.165) is 50.9 Å². The van der Waals surface area contributed by atoms with E-state index in [2.05, 4.69) is 159 Å². The lowest BCUT2D eigenvalue weighted by Crippen LogP contribution is -2.00. The van der Waals surface area contributed by atoms with Gasteiger partial charge in [-0.1, -0.05) is 153 Å². The maximum absolute atomic E-state index is 5.08. The summed E-state index contributed by atoms with van der Waals surface area (Å²) in [5, 5.41) is 0. The minimum Gasteiger partial charge on any atom is -0.208 e. The summed E-state index contributed by atoms with van der Waals surface area (Å²) < 4.78 is 0. The predicted octanol–water partition coefficient (Wildman–Crippen LogP) is 11.4. The SMILES string of the molecule is CCC(C)c1ccc(-c2cccc(-c3nc(-c4cccc(-c5ccccc5)c4)nc(-c4cccc(-c5ccccc5)c4)n3)c2)cc1. The average Bonchev–Trinajstić information content (AvgIpc) is 3.15. The van der Waals surface area contributed by atoms with Gasteiger partial charge in [-0.15, -0.1) is 0 Å². The molecule has 0 aliphatic rings. The van der Waals surface area contributed by atoms with Gasteiger partial charge in [-0.25, -0.2) is 15.0 Å². The van der Waals surface area contributed by atoms with Crippen molar-refractivity contribution in [1.82, 2.24) is 15.0 Å². The van der Waals surface area contributed by atoms with Crippen molar-refractivity contribution in [2.45, 2.75) is 26.2 Å². The molecule has 0 radical (unpaired) electrons. The Morgan fingerprint density at radius 2 is 0.696 bits per heavy atom. The fourth-order valence-electron chi connectivity index (χ4n) is 5.78. The summed E-state index contributed by atoms with van der Waals surface area (Å²) in [5.74, 6) is 2.48. The molecule has 0 spiro atoms. The summed E-state index contributed by atoms with van der Waals surface area (Å²) in [5.41, 5.74) is 11.1. The van der Waals surface area contributed by atoms with Crippen LogP contribution < -0.4 is 0 Å². The summed E-state index contributed by atoms with van der Waals surface area (Å²) in [7, 11) is 0. The second-order valence-corrected chi connectivity index (χ2v) is 11.7. The standard InChI is InChI=1S/C43H35N3/c1-3-30(2)31-23-25-34(26-24-31)37-19-12-22-40(29-37)43-45-41(38-20-10-17-35(27-38)32-13-6-4-7-14-32)44-42(46-43)39-21-11-18-36(28-39)33-15-8-5-9-16-33/h4-30H,3H2,1-2H3. The van der Waals surface area contributed by atoms with E-state index in [1.165, 1.54) is 11.1 Å². The zero-order valence-electron chi connectivity index (χ0n) is 26.1. The van der Waals surface area contributed by atoms with Gasteiger partial charge >= 0.3 is 0 Å². The van der Waals surface area contributed by atoms with Crippen LogP contribution in [-0.2, 0) is 0 Å². The van der Waals surface area contributed by atoms with Gasteiger partial charge in [0.15, 0.2) is 17.5 Å². The van der Waals surface area contributed by atoms with Crippen LogP contribution in [-0.4, -0.2) is 15.0 Å². The topological polar surface area (TPSA) is 38.7 Å². The van der Waals surface area contributed by atoms with Crippen LogP contribution in [0.4, 0.5) is 0 Å². The first-order valence-corrected chi connectivity index (χ1v) is 15.9. The molecule has 0 N–H and O–H groups in total. The second-order valence-electron chi connectivity index (χ2n) is 11.7. The Bertz CT molecular complexity index is 1980. The Labute approximate surface area is 271 Å². The Kier molecular flexibility index (Phi) is 8.30. The van der Waals surface area contributed by atoms with E-state index in [9.17, 15) is 0 Å². The van der Waals surface area contributed by atoms with Crippen LogP contribution in [0.3, 0.4) is 0 Å². The quantitative estimate of drug-likeness (QED) is 0.176. The third kappa shape index (κ3) is 6.27. The van der Waals surface area contributed by atoms with E-state index in [0.29, 0.717) is 23.4 Å². The van der Waals surface area contributed by atoms with Gasteiger partial charge in [-0.05, 0) is 69.5 Å². The van der Waals surface area contributed by atoms with E-state index in [1.54, 1.807) is 0 Å². The third-order valence-corrected chi connectivity index (χ3v) is 8.64. The predicted molar refractivity (Wildman–Crippen MR) is 191 cm³/mol. The summed E-state index contributed by atoms with van der Waals surface area (Å²) in [4.78, 5) is 15.2. The van der Waals surface area contributed by atoms with E-state index < -0.39 is 0 Å². The van der Waals surface area contributed by atoms with Crippen LogP contribution in [0.1, 0.15) is 31.7 Å². The zero-order chi connectivity index (χ0) is 31.3. The second kappa shape index (κ2) is 13.1. The summed E-state index contributed by atoms with van der Waals surface area (Å²) >= 11 is 0. The van der Waals surface area contributed by atoms with Crippen LogP contribution >= 0.6 is 0 Å². The first-order valence-electron chi connectivity index (χ1n) is 15.9. The van der Waals surface area contributed by atoms with Crippen molar-refractivity contribution in [3.8, 4) is 67.5 Å². The van der Waals surface area contributed by atoms with Gasteiger partial charge in [0.25, 0.3) is 0 Å². The first kappa shape index (κ1) is 29.1. The lowest BCUT2D eigenvalue weighted by atomic mass is 9.95. The molecule has 46 heavy (non-hydrogen) atoms. The molecule has 0 saturated heterocycles. The molecule has 0 saturated carbocycles. The summed E-state index contributed by atoms with van der Waals surface area (Å²) in [6, 6.07) is 55.1. The molecule has 0 fully saturated rings. The van der Waals surface area contributed by atoms with Crippen molar-refractivity contribution in [3.05, 3.63) is 163 Å². The highest BCUT2D eigenvalue weighted by Crippen LogP contribution is 2.32. The molecule has 3 heteroatoms. The molecule has 0 aliphatic heterocycles. The molecule has 0 amide bonds. The van der Waals surface area contributed by atoms with Gasteiger partial charge in [0.05, 0.1) is 0 Å². The minimum absolute atomic E-state index is 0.545. The highest BCUT2D eigenvalue weighted by molar-refractivity contribution is 5.76. The minimum atomic E-state index is 0.545. The van der Waals surface area contributed by atoms with Crippen molar-refractivity contribution in [1.29, 1.82) is 0 Å². The number of hydrogen-bond acceptors (Lipinski definition) is 3. The Morgan fingerprint density at radius 1 is 0.370 bits per heavy atom. The molecular formula is C43H35N3. The summed E-state index contributed by atoms with van der Waals surface area (Å²) in [6.07, 6.45) is 1.13. The largest absolute Gasteiger partial charge is 0.208 e. The maximum atomic E-state index is 5.08. The number of benzene rings is 6. The van der Waals surface area contributed by atoms with E-state index in [1.807, 2.05) is 12.1 Å². The molecule has 1 aromatic heterocycles. The van der Waals surface area contributed by atoms with Crippen molar-refractivity contribution < 1.29 is 0 Å². The highest BCUT2D eigenvalue weighted by atomic mass is 15.0. The Balaban J connectivity index is 1.34. The van der Waals surface area contributed by atoms with Gasteiger partial charge in [0.2, 0.25) is 0 Å². The van der Waals surface area contributed by atoms with Gasteiger partial charge in [-0.2, -0.15) is 0 Å². The number of nitrogens with zero attached hydrogens (tertiary/aromatic N) is 3. The normalized spacial score (nSPS) is 11.7. The highest BCUT2D eigenvalue weighted by Gasteiger charge is 2.15. The molecule has 1 unspecified atom stereocenters. The van der Waals surface area contributed by atoms with E-state index in [-0.39, 0.29) is 0 Å². The lowest BCUT2D eigenvalue weighted by Gasteiger charge is -2.12. The van der Waals surface area contributed by atoms with Crippen molar-refractivity contribution in [3.63, 3.8) is 0 Å². The van der Waals surface area contributed by atoms with Gasteiger partial charge in [-0.3, -0.25) is 0 Å². The molecule has 222 valence electrons. The number of rotatable bonds is 8. The number of hydrogen-bond donors (Lipinski definition) is 0. The van der Waals surface area contributed by atoms with Crippen molar-refractivity contribution in [2.24, 2.45) is 0 Å². The smallest absolute Gasteiger partial charge is 0.164 e. The van der Waals surface area contributed by atoms with Crippen molar-refractivity contribution in [2.75, 3.05) is 0 Å². The number of aromatic nitrogens is 3. The molecule has 7 rings (SSSR count). The van der Waals surface area contributed by atoms with E-state index in [4.69, 9.17) is 15.0 Å². The van der Waals surface area contributed by atoms with E-state index >= 15 is 0 Å². The molecule has 3 nitrogen and oxygen atoms in total. The third-order valence-electron chi connectivity index (χ3n) is 8.64. The molecule has 6 aromatic carbocycles. The molecule has 1 heterocycles. The maximum Gasteiger partial charge on any atom is 0.164 e. The van der Waals surface area contributed by atoms with Crippen LogP contribution in [0.15, 0.2) is 158 Å². The van der Waals surface area contributed by atoms with Crippen LogP contribution in [0.2, 0.25) is 0 Å².